The first-order valence-corrected chi connectivity index (χ1v) is 9.77. The van der Waals surface area contributed by atoms with Gasteiger partial charge in [0.05, 0.1) is 18.1 Å². The zero-order valence-corrected chi connectivity index (χ0v) is 16.6. The minimum absolute atomic E-state index is 0.110. The van der Waals surface area contributed by atoms with E-state index in [1.54, 1.807) is 12.3 Å². The number of aromatic carboxylic acids is 1. The van der Waals surface area contributed by atoms with Gasteiger partial charge in [-0.25, -0.2) is 14.2 Å². The lowest BCUT2D eigenvalue weighted by Crippen LogP contribution is -2.04. The lowest BCUT2D eigenvalue weighted by atomic mass is 9.99. The SMILES string of the molecule is Cc1ccc(COc2ccc(F)cc2C2=C(c3cncc(C(=O)O)n3)CCC2)cc1. The van der Waals surface area contributed by atoms with Crippen LogP contribution in [-0.2, 0) is 6.61 Å². The minimum Gasteiger partial charge on any atom is -0.488 e. The molecule has 1 N–H and O–H groups in total. The maximum Gasteiger partial charge on any atom is 0.356 e. The standard InChI is InChI=1S/C24H21FN2O3/c1-15-5-7-16(8-6-15)14-30-23-10-9-17(25)11-20(23)18-3-2-4-19(18)21-12-26-13-22(27-21)24(28)29/h5-13H,2-4,14H2,1H3,(H,28,29). The number of aryl methyl sites for hydroxylation is 1. The molecule has 5 nitrogen and oxygen atoms in total. The lowest BCUT2D eigenvalue weighted by Gasteiger charge is -2.15. The van der Waals surface area contributed by atoms with Crippen molar-refractivity contribution >= 4 is 17.1 Å². The summed E-state index contributed by atoms with van der Waals surface area (Å²) in [6.45, 7) is 2.40. The fourth-order valence-electron chi connectivity index (χ4n) is 3.65. The molecular weight excluding hydrogens is 383 g/mol. The Morgan fingerprint density at radius 2 is 1.87 bits per heavy atom. The van der Waals surface area contributed by atoms with Crippen molar-refractivity contribution in [3.63, 3.8) is 0 Å². The van der Waals surface area contributed by atoms with Crippen LogP contribution in [0.15, 0.2) is 54.9 Å². The van der Waals surface area contributed by atoms with Gasteiger partial charge in [-0.1, -0.05) is 29.8 Å². The van der Waals surface area contributed by atoms with Crippen LogP contribution in [0.5, 0.6) is 5.75 Å². The fourth-order valence-corrected chi connectivity index (χ4v) is 3.65. The van der Waals surface area contributed by atoms with E-state index in [0.29, 0.717) is 23.6 Å². The summed E-state index contributed by atoms with van der Waals surface area (Å²) in [4.78, 5) is 19.5. The molecule has 0 radical (unpaired) electrons. The van der Waals surface area contributed by atoms with E-state index in [1.807, 2.05) is 31.2 Å². The van der Waals surface area contributed by atoms with E-state index in [1.165, 1.54) is 23.9 Å². The predicted octanol–water partition coefficient (Wildman–Crippen LogP) is 5.30. The first-order chi connectivity index (χ1) is 14.5. The predicted molar refractivity (Wildman–Crippen MR) is 112 cm³/mol. The molecule has 4 rings (SSSR count). The van der Waals surface area contributed by atoms with E-state index < -0.39 is 5.97 Å². The monoisotopic (exact) mass is 404 g/mol. The van der Waals surface area contributed by atoms with Crippen molar-refractivity contribution in [3.8, 4) is 5.75 Å². The highest BCUT2D eigenvalue weighted by molar-refractivity contribution is 5.94. The molecule has 152 valence electrons. The molecule has 0 aliphatic heterocycles. The largest absolute Gasteiger partial charge is 0.488 e. The Morgan fingerprint density at radius 3 is 2.63 bits per heavy atom. The summed E-state index contributed by atoms with van der Waals surface area (Å²) < 4.78 is 20.2. The molecule has 0 bridgehead atoms. The molecule has 0 fully saturated rings. The molecule has 1 aliphatic carbocycles. The average molecular weight is 404 g/mol. The van der Waals surface area contributed by atoms with Gasteiger partial charge in [0.15, 0.2) is 5.69 Å². The maximum atomic E-state index is 14.1. The summed E-state index contributed by atoms with van der Waals surface area (Å²) >= 11 is 0. The van der Waals surface area contributed by atoms with Gasteiger partial charge in [-0.3, -0.25) is 4.98 Å². The van der Waals surface area contributed by atoms with E-state index >= 15 is 0 Å². The van der Waals surface area contributed by atoms with Gasteiger partial charge < -0.3 is 9.84 Å². The summed E-state index contributed by atoms with van der Waals surface area (Å²) in [5.41, 5.74) is 5.08. The molecule has 3 aromatic rings. The smallest absolute Gasteiger partial charge is 0.356 e. The molecule has 1 aromatic heterocycles. The lowest BCUT2D eigenvalue weighted by molar-refractivity contribution is 0.0690. The first-order valence-electron chi connectivity index (χ1n) is 9.77. The Labute approximate surface area is 173 Å². The second kappa shape index (κ2) is 8.45. The summed E-state index contributed by atoms with van der Waals surface area (Å²) in [7, 11) is 0. The zero-order chi connectivity index (χ0) is 21.1. The number of allylic oxidation sites excluding steroid dienone is 2. The third-order valence-electron chi connectivity index (χ3n) is 5.16. The Bertz CT molecular complexity index is 1120. The molecular formula is C24H21FN2O3. The molecule has 6 heteroatoms. The van der Waals surface area contributed by atoms with Crippen LogP contribution >= 0.6 is 0 Å². The van der Waals surface area contributed by atoms with Crippen molar-refractivity contribution in [2.75, 3.05) is 0 Å². The minimum atomic E-state index is -1.13. The quantitative estimate of drug-likeness (QED) is 0.604. The van der Waals surface area contributed by atoms with Crippen molar-refractivity contribution in [1.29, 1.82) is 0 Å². The van der Waals surface area contributed by atoms with Crippen molar-refractivity contribution in [2.24, 2.45) is 0 Å². The average Bonchev–Trinajstić information content (AvgIpc) is 3.24. The number of hydrogen-bond acceptors (Lipinski definition) is 4. The fraction of sp³-hybridized carbons (Fsp3) is 0.208. The Balaban J connectivity index is 1.70. The molecule has 0 saturated heterocycles. The van der Waals surface area contributed by atoms with Crippen LogP contribution in [0.4, 0.5) is 4.39 Å². The number of rotatable bonds is 6. The molecule has 1 aliphatic rings. The van der Waals surface area contributed by atoms with E-state index in [2.05, 4.69) is 9.97 Å². The van der Waals surface area contributed by atoms with Crippen molar-refractivity contribution in [3.05, 3.63) is 88.8 Å². The van der Waals surface area contributed by atoms with Gasteiger partial charge in [0, 0.05) is 5.56 Å². The van der Waals surface area contributed by atoms with Gasteiger partial charge in [-0.2, -0.15) is 0 Å². The third-order valence-corrected chi connectivity index (χ3v) is 5.16. The molecule has 0 saturated carbocycles. The van der Waals surface area contributed by atoms with Gasteiger partial charge >= 0.3 is 5.97 Å². The third kappa shape index (κ3) is 4.22. The topological polar surface area (TPSA) is 72.3 Å². The number of aromatic nitrogens is 2. The van der Waals surface area contributed by atoms with Crippen LogP contribution in [0.2, 0.25) is 0 Å². The Morgan fingerprint density at radius 1 is 1.10 bits per heavy atom. The summed E-state index contributed by atoms with van der Waals surface area (Å²) in [5.74, 6) is -0.886. The number of benzene rings is 2. The number of carboxylic acids is 1. The highest BCUT2D eigenvalue weighted by Crippen LogP contribution is 2.42. The highest BCUT2D eigenvalue weighted by atomic mass is 19.1. The Kier molecular flexibility index (Phi) is 5.57. The van der Waals surface area contributed by atoms with Crippen molar-refractivity contribution < 1.29 is 19.0 Å². The molecule has 0 atom stereocenters. The number of halogens is 1. The van der Waals surface area contributed by atoms with Crippen LogP contribution in [-0.4, -0.2) is 21.0 Å². The molecule has 0 amide bonds. The normalized spacial score (nSPS) is 13.5. The first kappa shape index (κ1) is 19.8. The van der Waals surface area contributed by atoms with Crippen LogP contribution in [0, 0.1) is 12.7 Å². The summed E-state index contributed by atoms with van der Waals surface area (Å²) in [5, 5.41) is 9.22. The molecule has 30 heavy (non-hydrogen) atoms. The van der Waals surface area contributed by atoms with E-state index in [-0.39, 0.29) is 11.5 Å². The summed E-state index contributed by atoms with van der Waals surface area (Å²) in [6, 6.07) is 12.6. The number of hydrogen-bond donors (Lipinski definition) is 1. The van der Waals surface area contributed by atoms with Gasteiger partial charge in [0.1, 0.15) is 18.2 Å². The number of ether oxygens (including phenoxy) is 1. The van der Waals surface area contributed by atoms with E-state index in [4.69, 9.17) is 4.74 Å². The van der Waals surface area contributed by atoms with Crippen LogP contribution in [0.3, 0.4) is 0 Å². The van der Waals surface area contributed by atoms with Gasteiger partial charge in [0.2, 0.25) is 0 Å². The molecule has 2 aromatic carbocycles. The van der Waals surface area contributed by atoms with Crippen molar-refractivity contribution in [2.45, 2.75) is 32.8 Å². The van der Waals surface area contributed by atoms with Crippen LogP contribution in [0.1, 0.15) is 52.1 Å². The molecule has 0 spiro atoms. The molecule has 1 heterocycles. The number of carboxylic acid groups (broad SMARTS) is 1. The maximum absolute atomic E-state index is 14.1. The zero-order valence-electron chi connectivity index (χ0n) is 16.6. The van der Waals surface area contributed by atoms with E-state index in [0.717, 1.165) is 36.0 Å². The van der Waals surface area contributed by atoms with Crippen LogP contribution < -0.4 is 4.74 Å². The highest BCUT2D eigenvalue weighted by Gasteiger charge is 2.23. The second-order valence-electron chi connectivity index (χ2n) is 7.32. The second-order valence-corrected chi connectivity index (χ2v) is 7.32. The number of carbonyl (C=O) groups is 1. The van der Waals surface area contributed by atoms with Crippen LogP contribution in [0.25, 0.3) is 11.1 Å². The Hall–Kier alpha value is -3.54. The van der Waals surface area contributed by atoms with E-state index in [9.17, 15) is 14.3 Å². The summed E-state index contributed by atoms with van der Waals surface area (Å²) in [6.07, 6.45) is 5.11. The van der Waals surface area contributed by atoms with Gasteiger partial charge in [0.25, 0.3) is 0 Å². The van der Waals surface area contributed by atoms with Gasteiger partial charge in [-0.15, -0.1) is 0 Å². The number of nitrogens with zero attached hydrogens (tertiary/aromatic N) is 2. The van der Waals surface area contributed by atoms with Crippen molar-refractivity contribution in [1.82, 2.24) is 9.97 Å². The molecule has 0 unspecified atom stereocenters. The van der Waals surface area contributed by atoms with Gasteiger partial charge in [-0.05, 0) is 61.1 Å².